The Hall–Kier alpha value is -4.31. The summed E-state index contributed by atoms with van der Waals surface area (Å²) in [4.78, 5) is 30.8. The molecule has 0 aliphatic carbocycles. The lowest BCUT2D eigenvalue weighted by atomic mass is 10.0. The lowest BCUT2D eigenvalue weighted by Crippen LogP contribution is -2.12. The van der Waals surface area contributed by atoms with Crippen molar-refractivity contribution in [3.63, 3.8) is 0 Å². The van der Waals surface area contributed by atoms with Crippen molar-refractivity contribution in [3.8, 4) is 28.5 Å². The van der Waals surface area contributed by atoms with Crippen LogP contribution < -0.4 is 14.8 Å². The van der Waals surface area contributed by atoms with E-state index in [1.165, 1.54) is 23.6 Å². The van der Waals surface area contributed by atoms with Crippen molar-refractivity contribution >= 4 is 28.2 Å². The summed E-state index contributed by atoms with van der Waals surface area (Å²) in [5.41, 5.74) is 3.59. The molecule has 0 aliphatic heterocycles. The number of methoxy groups -OCH3 is 1. The second-order valence-corrected chi connectivity index (χ2v) is 8.23. The maximum absolute atomic E-state index is 12.5. The van der Waals surface area contributed by atoms with Crippen molar-refractivity contribution in [2.75, 3.05) is 12.4 Å². The molecule has 10 heteroatoms. The monoisotopic (exact) mass is 476 g/mol. The average molecular weight is 477 g/mol. The highest BCUT2D eigenvalue weighted by Crippen LogP contribution is 2.34. The molecule has 0 unspecified atom stereocenters. The first-order valence-electron chi connectivity index (χ1n) is 10.1. The lowest BCUT2D eigenvalue weighted by molar-refractivity contribution is -0.389. The summed E-state index contributed by atoms with van der Waals surface area (Å²) in [5.74, 6) is 1.33. The van der Waals surface area contributed by atoms with Crippen molar-refractivity contribution < 1.29 is 19.2 Å². The van der Waals surface area contributed by atoms with Crippen molar-refractivity contribution in [2.45, 2.75) is 13.8 Å². The molecule has 0 radical (unpaired) electrons. The molecule has 0 saturated carbocycles. The van der Waals surface area contributed by atoms with Crippen molar-refractivity contribution in [1.82, 2.24) is 9.97 Å². The number of carbonyl (C=O) groups excluding carboxylic acids is 1. The molecule has 172 valence electrons. The number of benzene rings is 2. The largest absolute Gasteiger partial charge is 0.497 e. The van der Waals surface area contributed by atoms with Gasteiger partial charge >= 0.3 is 5.82 Å². The Balaban J connectivity index is 1.51. The van der Waals surface area contributed by atoms with Crippen LogP contribution >= 0.6 is 11.3 Å². The number of pyridine rings is 1. The molecule has 0 saturated heterocycles. The molecule has 0 aliphatic rings. The standard InChI is InChI=1S/C24H20N4O5S/c1-14-10-17(11-15(2)22(14)33-19-6-4-18(32-3)5-7-19)20-13-34-24(26-20)27-23(29)16-8-9-25-21(12-16)28(30)31/h4-13H,1-3H3,(H,26,27,29). The number of aryl methyl sites for hydroxylation is 2. The molecule has 0 bridgehead atoms. The molecule has 2 aromatic carbocycles. The van der Waals surface area contributed by atoms with Crippen LogP contribution in [-0.4, -0.2) is 27.9 Å². The summed E-state index contributed by atoms with van der Waals surface area (Å²) in [6.45, 7) is 3.92. The topological polar surface area (TPSA) is 116 Å². The van der Waals surface area contributed by atoms with Gasteiger partial charge in [-0.15, -0.1) is 11.3 Å². The Kier molecular flexibility index (Phi) is 6.51. The Morgan fingerprint density at radius 2 is 1.74 bits per heavy atom. The second-order valence-electron chi connectivity index (χ2n) is 7.37. The normalized spacial score (nSPS) is 10.6. The van der Waals surface area contributed by atoms with E-state index in [0.29, 0.717) is 16.6 Å². The molecule has 4 rings (SSSR count). The fourth-order valence-corrected chi connectivity index (χ4v) is 4.03. The van der Waals surface area contributed by atoms with Gasteiger partial charge in [-0.25, -0.2) is 4.98 Å². The van der Waals surface area contributed by atoms with Gasteiger partial charge in [0.1, 0.15) is 23.4 Å². The molecular weight excluding hydrogens is 456 g/mol. The summed E-state index contributed by atoms with van der Waals surface area (Å²) >= 11 is 1.26. The number of nitrogens with one attached hydrogen (secondary N) is 1. The summed E-state index contributed by atoms with van der Waals surface area (Å²) in [6, 6.07) is 13.8. The number of nitro groups is 1. The number of carbonyl (C=O) groups is 1. The number of rotatable bonds is 7. The number of amides is 1. The zero-order chi connectivity index (χ0) is 24.2. The van der Waals surface area contributed by atoms with Crippen molar-refractivity contribution in [2.24, 2.45) is 0 Å². The van der Waals surface area contributed by atoms with Gasteiger partial charge in [-0.3, -0.25) is 10.1 Å². The third kappa shape index (κ3) is 5.02. The van der Waals surface area contributed by atoms with Gasteiger partial charge < -0.3 is 19.6 Å². The highest BCUT2D eigenvalue weighted by atomic mass is 32.1. The smallest absolute Gasteiger partial charge is 0.364 e. The van der Waals surface area contributed by atoms with Gasteiger partial charge in [0.05, 0.1) is 18.4 Å². The molecule has 1 N–H and O–H groups in total. The lowest BCUT2D eigenvalue weighted by Gasteiger charge is -2.13. The number of ether oxygens (including phenoxy) is 2. The van der Waals surface area contributed by atoms with Gasteiger partial charge in [0.15, 0.2) is 5.13 Å². The maximum atomic E-state index is 12.5. The van der Waals surface area contributed by atoms with Crippen molar-refractivity contribution in [3.05, 3.63) is 86.9 Å². The van der Waals surface area contributed by atoms with Gasteiger partial charge in [-0.05, 0) is 77.3 Å². The van der Waals surface area contributed by atoms with E-state index < -0.39 is 16.6 Å². The van der Waals surface area contributed by atoms with Crippen LogP contribution in [0.3, 0.4) is 0 Å². The van der Waals surface area contributed by atoms with E-state index in [1.807, 2.05) is 55.6 Å². The maximum Gasteiger partial charge on any atom is 0.364 e. The molecule has 4 aromatic rings. The third-order valence-corrected chi connectivity index (χ3v) is 5.71. The fraction of sp³-hybridized carbons (Fsp3) is 0.125. The van der Waals surface area contributed by atoms with Gasteiger partial charge in [0, 0.05) is 17.0 Å². The Morgan fingerprint density at radius 3 is 2.38 bits per heavy atom. The molecule has 1 amide bonds. The van der Waals surface area contributed by atoms with Crippen LogP contribution in [0.25, 0.3) is 11.3 Å². The number of thiazole rings is 1. The molecule has 2 heterocycles. The first-order chi connectivity index (χ1) is 16.3. The van der Waals surface area contributed by atoms with Crippen LogP contribution in [0.4, 0.5) is 10.9 Å². The molecule has 0 fully saturated rings. The first kappa shape index (κ1) is 22.9. The van der Waals surface area contributed by atoms with Crippen LogP contribution in [0.2, 0.25) is 0 Å². The minimum absolute atomic E-state index is 0.130. The summed E-state index contributed by atoms with van der Waals surface area (Å²) in [6.07, 6.45) is 1.22. The summed E-state index contributed by atoms with van der Waals surface area (Å²) in [7, 11) is 1.61. The Bertz CT molecular complexity index is 1350. The quantitative estimate of drug-likeness (QED) is 0.265. The van der Waals surface area contributed by atoms with E-state index in [4.69, 9.17) is 9.47 Å². The molecule has 0 spiro atoms. The van der Waals surface area contributed by atoms with Crippen LogP contribution in [0, 0.1) is 24.0 Å². The zero-order valence-corrected chi connectivity index (χ0v) is 19.4. The van der Waals surface area contributed by atoms with Crippen LogP contribution in [0.1, 0.15) is 21.5 Å². The highest BCUT2D eigenvalue weighted by molar-refractivity contribution is 7.14. The average Bonchev–Trinajstić information content (AvgIpc) is 3.30. The van der Waals surface area contributed by atoms with E-state index in [2.05, 4.69) is 15.3 Å². The van der Waals surface area contributed by atoms with E-state index in [9.17, 15) is 14.9 Å². The van der Waals surface area contributed by atoms with E-state index in [-0.39, 0.29) is 5.56 Å². The summed E-state index contributed by atoms with van der Waals surface area (Å²) in [5, 5.41) is 15.8. The van der Waals surface area contributed by atoms with Gasteiger partial charge in [0.25, 0.3) is 5.91 Å². The predicted molar refractivity (Wildman–Crippen MR) is 129 cm³/mol. The van der Waals surface area contributed by atoms with Crippen LogP contribution in [0.15, 0.2) is 60.1 Å². The summed E-state index contributed by atoms with van der Waals surface area (Å²) < 4.78 is 11.3. The van der Waals surface area contributed by atoms with Gasteiger partial charge in [-0.2, -0.15) is 0 Å². The first-order valence-corrected chi connectivity index (χ1v) is 11.0. The highest BCUT2D eigenvalue weighted by Gasteiger charge is 2.16. The number of hydrogen-bond donors (Lipinski definition) is 1. The third-order valence-electron chi connectivity index (χ3n) is 4.95. The molecule has 2 aromatic heterocycles. The van der Waals surface area contributed by atoms with Gasteiger partial charge in [-0.1, -0.05) is 0 Å². The van der Waals surface area contributed by atoms with E-state index >= 15 is 0 Å². The van der Waals surface area contributed by atoms with Crippen LogP contribution in [-0.2, 0) is 0 Å². The SMILES string of the molecule is COc1ccc(Oc2c(C)cc(-c3csc(NC(=O)c4ccnc([N+](=O)[O-])c4)n3)cc2C)cc1. The Labute approximate surface area is 199 Å². The molecule has 0 atom stereocenters. The van der Waals surface area contributed by atoms with E-state index in [1.54, 1.807) is 7.11 Å². The number of anilines is 1. The number of hydrogen-bond acceptors (Lipinski definition) is 8. The molecular formula is C24H20N4O5S. The second kappa shape index (κ2) is 9.67. The number of nitrogens with zero attached hydrogens (tertiary/aromatic N) is 3. The minimum atomic E-state index is -0.648. The van der Waals surface area contributed by atoms with Crippen molar-refractivity contribution in [1.29, 1.82) is 0 Å². The van der Waals surface area contributed by atoms with Crippen LogP contribution in [0.5, 0.6) is 17.2 Å². The Morgan fingerprint density at radius 1 is 1.06 bits per heavy atom. The number of aromatic nitrogens is 2. The zero-order valence-electron chi connectivity index (χ0n) is 18.6. The molecule has 9 nitrogen and oxygen atoms in total. The van der Waals surface area contributed by atoms with Gasteiger partial charge in [0.2, 0.25) is 0 Å². The van der Waals surface area contributed by atoms with E-state index in [0.717, 1.165) is 34.3 Å². The predicted octanol–water partition coefficient (Wildman–Crippen LogP) is 5.78. The molecule has 34 heavy (non-hydrogen) atoms. The minimum Gasteiger partial charge on any atom is -0.497 e. The fourth-order valence-electron chi connectivity index (χ4n) is 3.31.